The lowest BCUT2D eigenvalue weighted by atomic mass is 10.1. The van der Waals surface area contributed by atoms with E-state index in [0.29, 0.717) is 35.1 Å². The van der Waals surface area contributed by atoms with Gasteiger partial charge in [0.15, 0.2) is 17.4 Å². The molecule has 0 saturated heterocycles. The van der Waals surface area contributed by atoms with Gasteiger partial charge in [0.05, 0.1) is 18.4 Å². The van der Waals surface area contributed by atoms with E-state index in [-0.39, 0.29) is 17.6 Å². The van der Waals surface area contributed by atoms with Crippen molar-refractivity contribution in [1.82, 2.24) is 9.97 Å². The number of anilines is 3. The van der Waals surface area contributed by atoms with Crippen molar-refractivity contribution >= 4 is 29.0 Å². The number of pyridine rings is 2. The van der Waals surface area contributed by atoms with Crippen LogP contribution in [0.2, 0.25) is 0 Å². The Bertz CT molecular complexity index is 847. The van der Waals surface area contributed by atoms with Crippen LogP contribution in [0, 0.1) is 12.8 Å². The predicted molar refractivity (Wildman–Crippen MR) is 99.0 cm³/mol. The molecule has 26 heavy (non-hydrogen) atoms. The number of carbonyl (C=O) groups is 2. The molecule has 0 spiro atoms. The fraction of sp³-hybridized carbons (Fsp3) is 0.368. The van der Waals surface area contributed by atoms with Crippen molar-refractivity contribution in [2.75, 3.05) is 17.7 Å². The molecule has 1 saturated carbocycles. The lowest BCUT2D eigenvalue weighted by Crippen LogP contribution is -2.15. The smallest absolute Gasteiger partial charge is 0.228 e. The monoisotopic (exact) mass is 354 g/mol. The molecule has 0 atom stereocenters. The zero-order valence-electron chi connectivity index (χ0n) is 15.1. The molecule has 3 rings (SSSR count). The Kier molecular flexibility index (Phi) is 5.16. The van der Waals surface area contributed by atoms with E-state index < -0.39 is 0 Å². The van der Waals surface area contributed by atoms with Crippen molar-refractivity contribution < 1.29 is 14.3 Å². The number of ketones is 1. The summed E-state index contributed by atoms with van der Waals surface area (Å²) < 4.78 is 5.41. The number of nitrogens with zero attached hydrogens (tertiary/aromatic N) is 2. The number of hydrogen-bond donors (Lipinski definition) is 2. The van der Waals surface area contributed by atoms with Crippen molar-refractivity contribution in [2.45, 2.75) is 33.1 Å². The molecule has 0 aliphatic heterocycles. The molecule has 7 nitrogen and oxygen atoms in total. The Morgan fingerprint density at radius 2 is 2.08 bits per heavy atom. The zero-order chi connectivity index (χ0) is 18.7. The largest absolute Gasteiger partial charge is 0.493 e. The van der Waals surface area contributed by atoms with E-state index in [1.165, 1.54) is 6.20 Å². The van der Waals surface area contributed by atoms with Gasteiger partial charge in [-0.05, 0) is 31.4 Å². The van der Waals surface area contributed by atoms with Crippen LogP contribution in [0.1, 0.15) is 42.1 Å². The molecule has 1 aliphatic carbocycles. The SMILES string of the molecule is CCC(=O)c1cnc(NC(=O)C2CC2)cc1Nc1nccc(C)c1OC. The summed E-state index contributed by atoms with van der Waals surface area (Å²) in [5.41, 5.74) is 1.90. The third-order valence-electron chi connectivity index (χ3n) is 4.28. The minimum Gasteiger partial charge on any atom is -0.493 e. The maximum atomic E-state index is 12.3. The van der Waals surface area contributed by atoms with Crippen LogP contribution in [-0.4, -0.2) is 28.8 Å². The van der Waals surface area contributed by atoms with E-state index in [2.05, 4.69) is 20.6 Å². The fourth-order valence-electron chi connectivity index (χ4n) is 2.63. The summed E-state index contributed by atoms with van der Waals surface area (Å²) in [6, 6.07) is 3.50. The van der Waals surface area contributed by atoms with Crippen LogP contribution >= 0.6 is 0 Å². The molecule has 136 valence electrons. The van der Waals surface area contributed by atoms with E-state index in [1.807, 2.05) is 13.0 Å². The molecule has 2 aromatic heterocycles. The first kappa shape index (κ1) is 17.8. The third kappa shape index (κ3) is 3.82. The Labute approximate surface area is 152 Å². The lowest BCUT2D eigenvalue weighted by Gasteiger charge is -2.15. The van der Waals surface area contributed by atoms with Gasteiger partial charge in [-0.25, -0.2) is 9.97 Å². The Hall–Kier alpha value is -2.96. The second-order valence-electron chi connectivity index (χ2n) is 6.29. The Morgan fingerprint density at radius 1 is 1.31 bits per heavy atom. The first-order valence-electron chi connectivity index (χ1n) is 8.64. The molecule has 2 N–H and O–H groups in total. The molecule has 0 unspecified atom stereocenters. The molecule has 1 amide bonds. The van der Waals surface area contributed by atoms with Crippen molar-refractivity contribution in [3.63, 3.8) is 0 Å². The fourth-order valence-corrected chi connectivity index (χ4v) is 2.63. The number of aromatic nitrogens is 2. The van der Waals surface area contributed by atoms with E-state index in [4.69, 9.17) is 4.74 Å². The highest BCUT2D eigenvalue weighted by atomic mass is 16.5. The van der Waals surface area contributed by atoms with Crippen LogP contribution in [0.3, 0.4) is 0 Å². The highest BCUT2D eigenvalue weighted by molar-refractivity contribution is 6.02. The van der Waals surface area contributed by atoms with E-state index >= 15 is 0 Å². The van der Waals surface area contributed by atoms with Crippen LogP contribution in [0.5, 0.6) is 5.75 Å². The van der Waals surface area contributed by atoms with Crippen molar-refractivity contribution in [1.29, 1.82) is 0 Å². The van der Waals surface area contributed by atoms with Gasteiger partial charge in [0.25, 0.3) is 0 Å². The standard InChI is InChI=1S/C19H22N4O3/c1-4-15(24)13-10-21-16(23-19(25)12-5-6-12)9-14(13)22-18-17(26-3)11(2)7-8-20-18/h7-10,12H,4-6H2,1-3H3,(H2,20,21,22,23,25). The quantitative estimate of drug-likeness (QED) is 0.740. The number of amides is 1. The predicted octanol–water partition coefficient (Wildman–Crippen LogP) is 3.48. The van der Waals surface area contributed by atoms with Gasteiger partial charge in [0.2, 0.25) is 5.91 Å². The molecule has 0 aromatic carbocycles. The summed E-state index contributed by atoms with van der Waals surface area (Å²) in [5.74, 6) is 1.49. The number of hydrogen-bond acceptors (Lipinski definition) is 6. The average molecular weight is 354 g/mol. The van der Waals surface area contributed by atoms with E-state index in [1.54, 1.807) is 26.3 Å². The van der Waals surface area contributed by atoms with Gasteiger partial charge in [-0.1, -0.05) is 6.92 Å². The highest BCUT2D eigenvalue weighted by Gasteiger charge is 2.30. The van der Waals surface area contributed by atoms with Crippen molar-refractivity contribution in [2.24, 2.45) is 5.92 Å². The summed E-state index contributed by atoms with van der Waals surface area (Å²) in [6.07, 6.45) is 5.32. The minimum absolute atomic E-state index is 0.0377. The summed E-state index contributed by atoms with van der Waals surface area (Å²) >= 11 is 0. The summed E-state index contributed by atoms with van der Waals surface area (Å²) in [4.78, 5) is 32.8. The van der Waals surface area contributed by atoms with Crippen LogP contribution in [-0.2, 0) is 4.79 Å². The Morgan fingerprint density at radius 3 is 2.73 bits per heavy atom. The lowest BCUT2D eigenvalue weighted by molar-refractivity contribution is -0.117. The van der Waals surface area contributed by atoms with Gasteiger partial charge < -0.3 is 15.4 Å². The van der Waals surface area contributed by atoms with E-state index in [9.17, 15) is 9.59 Å². The molecule has 1 aliphatic rings. The maximum Gasteiger partial charge on any atom is 0.228 e. The molecular weight excluding hydrogens is 332 g/mol. The topological polar surface area (TPSA) is 93.2 Å². The van der Waals surface area contributed by atoms with Gasteiger partial charge in [-0.15, -0.1) is 0 Å². The van der Waals surface area contributed by atoms with E-state index in [0.717, 1.165) is 18.4 Å². The highest BCUT2D eigenvalue weighted by Crippen LogP contribution is 2.32. The van der Waals surface area contributed by atoms with Gasteiger partial charge in [0, 0.05) is 30.8 Å². The third-order valence-corrected chi connectivity index (χ3v) is 4.28. The van der Waals surface area contributed by atoms with Crippen LogP contribution in [0.25, 0.3) is 0 Å². The van der Waals surface area contributed by atoms with Gasteiger partial charge >= 0.3 is 0 Å². The average Bonchev–Trinajstić information content (AvgIpc) is 3.47. The normalized spacial score (nSPS) is 13.2. The molecular formula is C19H22N4O3. The summed E-state index contributed by atoms with van der Waals surface area (Å²) in [5, 5.41) is 5.96. The molecule has 0 radical (unpaired) electrons. The second-order valence-corrected chi connectivity index (χ2v) is 6.29. The van der Waals surface area contributed by atoms with Crippen LogP contribution in [0.4, 0.5) is 17.3 Å². The second kappa shape index (κ2) is 7.51. The van der Waals surface area contributed by atoms with Gasteiger partial charge in [0.1, 0.15) is 5.82 Å². The number of carbonyl (C=O) groups excluding carboxylic acids is 2. The summed E-state index contributed by atoms with van der Waals surface area (Å²) in [7, 11) is 1.57. The molecule has 2 heterocycles. The Balaban J connectivity index is 1.95. The molecule has 2 aromatic rings. The van der Waals surface area contributed by atoms with Gasteiger partial charge in [-0.3, -0.25) is 9.59 Å². The number of aryl methyl sites for hydroxylation is 1. The molecule has 0 bridgehead atoms. The zero-order valence-corrected chi connectivity index (χ0v) is 15.1. The van der Waals surface area contributed by atoms with Crippen molar-refractivity contribution in [3.8, 4) is 5.75 Å². The number of nitrogens with one attached hydrogen (secondary N) is 2. The first-order chi connectivity index (χ1) is 12.5. The summed E-state index contributed by atoms with van der Waals surface area (Å²) in [6.45, 7) is 3.71. The van der Waals surface area contributed by atoms with Crippen molar-refractivity contribution in [3.05, 3.63) is 35.7 Å². The number of rotatable bonds is 7. The minimum atomic E-state index is -0.0494. The van der Waals surface area contributed by atoms with Crippen LogP contribution < -0.4 is 15.4 Å². The number of ether oxygens (including phenoxy) is 1. The molecule has 1 fully saturated rings. The number of Topliss-reactive ketones (excluding diaryl/α,β-unsaturated/α-hetero) is 1. The molecule has 7 heteroatoms. The van der Waals surface area contributed by atoms with Crippen LogP contribution in [0.15, 0.2) is 24.5 Å². The maximum absolute atomic E-state index is 12.3. The first-order valence-corrected chi connectivity index (χ1v) is 8.64. The van der Waals surface area contributed by atoms with Gasteiger partial charge in [-0.2, -0.15) is 0 Å². The number of methoxy groups -OCH3 is 1.